The highest BCUT2D eigenvalue weighted by atomic mass is 19.1. The van der Waals surface area contributed by atoms with Crippen LogP contribution in [0, 0.1) is 11.6 Å². The van der Waals surface area contributed by atoms with Crippen LogP contribution in [-0.4, -0.2) is 18.2 Å². The average molecular weight is 290 g/mol. The minimum absolute atomic E-state index is 0.240. The molecule has 0 aliphatic carbocycles. The molecule has 0 aromatic heterocycles. The fourth-order valence-corrected chi connectivity index (χ4v) is 1.83. The number of hydrogen-bond acceptors (Lipinski definition) is 3. The van der Waals surface area contributed by atoms with E-state index in [0.717, 1.165) is 12.1 Å². The molecule has 0 fully saturated rings. The number of rotatable bonds is 5. The maximum Gasteiger partial charge on any atom is 0.205 e. The molecule has 108 valence electrons. The number of ether oxygens (including phenoxy) is 1. The van der Waals surface area contributed by atoms with Crippen molar-refractivity contribution in [3.63, 3.8) is 0 Å². The molecule has 1 unspecified atom stereocenters. The van der Waals surface area contributed by atoms with Gasteiger partial charge in [-0.2, -0.15) is 0 Å². The molecule has 0 saturated carbocycles. The Balaban J connectivity index is 2.17. The molecular formula is C16H12F2O3. The maximum absolute atomic E-state index is 13.6. The van der Waals surface area contributed by atoms with Gasteiger partial charge in [-0.3, -0.25) is 9.59 Å². The van der Waals surface area contributed by atoms with Crippen molar-refractivity contribution in [3.05, 3.63) is 65.2 Å². The molecule has 0 aliphatic heterocycles. The van der Waals surface area contributed by atoms with Crippen molar-refractivity contribution < 1.29 is 23.1 Å². The summed E-state index contributed by atoms with van der Waals surface area (Å²) in [7, 11) is 0. The van der Waals surface area contributed by atoms with Gasteiger partial charge in [-0.1, -0.05) is 12.1 Å². The lowest BCUT2D eigenvalue weighted by molar-refractivity contribution is 0.0813. The van der Waals surface area contributed by atoms with E-state index in [0.29, 0.717) is 23.7 Å². The summed E-state index contributed by atoms with van der Waals surface area (Å²) in [6.07, 6.45) is -0.314. The van der Waals surface area contributed by atoms with Gasteiger partial charge in [-0.05, 0) is 31.2 Å². The van der Waals surface area contributed by atoms with Crippen molar-refractivity contribution in [3.8, 4) is 5.75 Å². The van der Waals surface area contributed by atoms with Gasteiger partial charge in [0.25, 0.3) is 0 Å². The van der Waals surface area contributed by atoms with Crippen LogP contribution in [0.5, 0.6) is 5.75 Å². The Morgan fingerprint density at radius 3 is 2.62 bits per heavy atom. The van der Waals surface area contributed by atoms with E-state index >= 15 is 0 Å². The molecule has 0 aliphatic rings. The quantitative estimate of drug-likeness (QED) is 0.626. The van der Waals surface area contributed by atoms with E-state index < -0.39 is 23.5 Å². The molecule has 21 heavy (non-hydrogen) atoms. The second-order valence-electron chi connectivity index (χ2n) is 4.44. The van der Waals surface area contributed by atoms with Crippen molar-refractivity contribution in [1.29, 1.82) is 0 Å². The van der Waals surface area contributed by atoms with Gasteiger partial charge in [0.15, 0.2) is 6.10 Å². The number of carbonyl (C=O) groups excluding carboxylic acids is 2. The summed E-state index contributed by atoms with van der Waals surface area (Å²) in [6, 6.07) is 8.98. The van der Waals surface area contributed by atoms with E-state index in [-0.39, 0.29) is 5.56 Å². The molecule has 0 radical (unpaired) electrons. The number of halogens is 2. The number of benzene rings is 2. The Morgan fingerprint density at radius 2 is 1.95 bits per heavy atom. The minimum Gasteiger partial charge on any atom is -0.483 e. The molecule has 0 heterocycles. The first kappa shape index (κ1) is 14.8. The molecule has 2 aromatic carbocycles. The van der Waals surface area contributed by atoms with Crippen molar-refractivity contribution in [2.45, 2.75) is 13.0 Å². The molecule has 0 spiro atoms. The lowest BCUT2D eigenvalue weighted by Gasteiger charge is -2.14. The van der Waals surface area contributed by atoms with Crippen molar-refractivity contribution in [1.82, 2.24) is 0 Å². The van der Waals surface area contributed by atoms with E-state index in [1.54, 1.807) is 18.2 Å². The third kappa shape index (κ3) is 3.51. The highest BCUT2D eigenvalue weighted by Crippen LogP contribution is 2.17. The minimum atomic E-state index is -0.966. The molecule has 0 saturated heterocycles. The molecule has 2 aromatic rings. The van der Waals surface area contributed by atoms with Gasteiger partial charge >= 0.3 is 0 Å². The number of hydrogen-bond donors (Lipinski definition) is 0. The molecule has 0 amide bonds. The Kier molecular flexibility index (Phi) is 4.42. The number of Topliss-reactive ketones (excluding diaryl/α,β-unsaturated/α-hetero) is 1. The van der Waals surface area contributed by atoms with Gasteiger partial charge in [-0.15, -0.1) is 0 Å². The highest BCUT2D eigenvalue weighted by molar-refractivity contribution is 5.99. The summed E-state index contributed by atoms with van der Waals surface area (Å²) in [6.45, 7) is 1.46. The summed E-state index contributed by atoms with van der Waals surface area (Å²) in [5.74, 6) is -1.97. The van der Waals surface area contributed by atoms with Crippen LogP contribution in [0.1, 0.15) is 27.6 Å². The van der Waals surface area contributed by atoms with Crippen LogP contribution in [0.3, 0.4) is 0 Å². The number of carbonyl (C=O) groups is 2. The summed E-state index contributed by atoms with van der Waals surface area (Å²) in [5.41, 5.74) is 0.163. The first-order valence-corrected chi connectivity index (χ1v) is 6.22. The molecular weight excluding hydrogens is 278 g/mol. The van der Waals surface area contributed by atoms with Gasteiger partial charge in [0.1, 0.15) is 23.7 Å². The first-order chi connectivity index (χ1) is 10.0. The molecule has 5 heteroatoms. The summed E-state index contributed by atoms with van der Waals surface area (Å²) in [4.78, 5) is 22.7. The zero-order valence-corrected chi connectivity index (χ0v) is 11.2. The van der Waals surface area contributed by atoms with Crippen molar-refractivity contribution in [2.24, 2.45) is 0 Å². The molecule has 3 nitrogen and oxygen atoms in total. The monoisotopic (exact) mass is 290 g/mol. The third-order valence-electron chi connectivity index (χ3n) is 2.87. The van der Waals surface area contributed by atoms with Crippen LogP contribution in [0.2, 0.25) is 0 Å². The lowest BCUT2D eigenvalue weighted by Crippen LogP contribution is -2.25. The summed E-state index contributed by atoms with van der Waals surface area (Å²) < 4.78 is 31.8. The normalized spacial score (nSPS) is 11.8. The summed E-state index contributed by atoms with van der Waals surface area (Å²) >= 11 is 0. The van der Waals surface area contributed by atoms with Crippen LogP contribution >= 0.6 is 0 Å². The fraction of sp³-hybridized carbons (Fsp3) is 0.125. The SMILES string of the molecule is CC(Oc1cccc(C=O)c1)C(=O)c1ccc(F)cc1F. The Bertz CT molecular complexity index is 683. The van der Waals surface area contributed by atoms with Gasteiger partial charge in [0.05, 0.1) is 5.56 Å². The Labute approximate surface area is 120 Å². The van der Waals surface area contributed by atoms with Crippen LogP contribution < -0.4 is 4.74 Å². The second-order valence-corrected chi connectivity index (χ2v) is 4.44. The maximum atomic E-state index is 13.6. The van der Waals surface area contributed by atoms with Crippen molar-refractivity contribution in [2.75, 3.05) is 0 Å². The van der Waals surface area contributed by atoms with Gasteiger partial charge < -0.3 is 4.74 Å². The average Bonchev–Trinajstić information content (AvgIpc) is 2.46. The number of aldehydes is 1. The largest absolute Gasteiger partial charge is 0.483 e. The van der Waals surface area contributed by atoms with E-state index in [1.165, 1.54) is 13.0 Å². The topological polar surface area (TPSA) is 43.4 Å². The van der Waals surface area contributed by atoms with Crippen LogP contribution in [0.4, 0.5) is 8.78 Å². The smallest absolute Gasteiger partial charge is 0.205 e. The molecule has 0 bridgehead atoms. The Morgan fingerprint density at radius 1 is 1.19 bits per heavy atom. The fourth-order valence-electron chi connectivity index (χ4n) is 1.83. The Hall–Kier alpha value is -2.56. The van der Waals surface area contributed by atoms with Crippen molar-refractivity contribution >= 4 is 12.1 Å². The number of ketones is 1. The van der Waals surface area contributed by atoms with Gasteiger partial charge in [0.2, 0.25) is 5.78 Å². The van der Waals surface area contributed by atoms with Crippen LogP contribution in [-0.2, 0) is 0 Å². The molecule has 1 atom stereocenters. The second kappa shape index (κ2) is 6.26. The zero-order chi connectivity index (χ0) is 15.4. The summed E-state index contributed by atoms with van der Waals surface area (Å²) in [5, 5.41) is 0. The van der Waals surface area contributed by atoms with E-state index in [9.17, 15) is 18.4 Å². The predicted octanol–water partition coefficient (Wildman–Crippen LogP) is 3.43. The van der Waals surface area contributed by atoms with Gasteiger partial charge in [0, 0.05) is 11.6 Å². The van der Waals surface area contributed by atoms with Crippen LogP contribution in [0.15, 0.2) is 42.5 Å². The predicted molar refractivity (Wildman–Crippen MR) is 72.6 cm³/mol. The molecule has 0 N–H and O–H groups in total. The van der Waals surface area contributed by atoms with E-state index in [1.807, 2.05) is 0 Å². The molecule has 2 rings (SSSR count). The van der Waals surface area contributed by atoms with Crippen LogP contribution in [0.25, 0.3) is 0 Å². The standard InChI is InChI=1S/C16H12F2O3/c1-10(21-13-4-2-3-11(7-13)9-19)16(20)14-6-5-12(17)8-15(14)18/h2-10H,1H3. The lowest BCUT2D eigenvalue weighted by atomic mass is 10.1. The van der Waals surface area contributed by atoms with E-state index in [2.05, 4.69) is 0 Å². The van der Waals surface area contributed by atoms with Gasteiger partial charge in [-0.25, -0.2) is 8.78 Å². The van der Waals surface area contributed by atoms with E-state index in [4.69, 9.17) is 4.74 Å². The first-order valence-electron chi connectivity index (χ1n) is 6.22. The zero-order valence-electron chi connectivity index (χ0n) is 11.2. The highest BCUT2D eigenvalue weighted by Gasteiger charge is 2.20. The third-order valence-corrected chi connectivity index (χ3v) is 2.87.